The summed E-state index contributed by atoms with van der Waals surface area (Å²) < 4.78 is 19.4. The van der Waals surface area contributed by atoms with Crippen molar-refractivity contribution in [2.45, 2.75) is 32.2 Å². The van der Waals surface area contributed by atoms with E-state index >= 15 is 0 Å². The first-order valence-corrected chi connectivity index (χ1v) is 7.34. The van der Waals surface area contributed by atoms with Crippen LogP contribution in [0, 0.1) is 11.7 Å². The van der Waals surface area contributed by atoms with E-state index in [4.69, 9.17) is 16.3 Å². The number of nitrogens with one attached hydrogen (secondary N) is 1. The zero-order valence-corrected chi connectivity index (χ0v) is 12.0. The molecule has 0 saturated carbocycles. The molecule has 2 rings (SSSR count). The van der Waals surface area contributed by atoms with Crippen molar-refractivity contribution in [3.63, 3.8) is 0 Å². The third-order valence-electron chi connectivity index (χ3n) is 3.66. The van der Waals surface area contributed by atoms with Crippen LogP contribution in [0.1, 0.15) is 25.3 Å². The Morgan fingerprint density at radius 3 is 3.05 bits per heavy atom. The van der Waals surface area contributed by atoms with Crippen molar-refractivity contribution in [3.8, 4) is 0 Å². The number of hydrogen-bond acceptors (Lipinski definition) is 2. The minimum atomic E-state index is -0.215. The van der Waals surface area contributed by atoms with Gasteiger partial charge in [0, 0.05) is 29.2 Å². The maximum atomic E-state index is 13.8. The minimum Gasteiger partial charge on any atom is -0.381 e. The fourth-order valence-corrected chi connectivity index (χ4v) is 2.83. The van der Waals surface area contributed by atoms with Crippen LogP contribution in [0.5, 0.6) is 0 Å². The monoisotopic (exact) mass is 285 g/mol. The van der Waals surface area contributed by atoms with Gasteiger partial charge in [0.2, 0.25) is 0 Å². The van der Waals surface area contributed by atoms with E-state index in [0.717, 1.165) is 26.0 Å². The Hall–Kier alpha value is -0.640. The summed E-state index contributed by atoms with van der Waals surface area (Å²) in [6.45, 7) is 4.59. The Morgan fingerprint density at radius 2 is 2.32 bits per heavy atom. The molecule has 4 heteroatoms. The quantitative estimate of drug-likeness (QED) is 0.895. The lowest BCUT2D eigenvalue weighted by atomic mass is 9.89. The lowest BCUT2D eigenvalue weighted by molar-refractivity contribution is 0.0320. The third-order valence-corrected chi connectivity index (χ3v) is 4.01. The second kappa shape index (κ2) is 7.22. The predicted molar refractivity (Wildman–Crippen MR) is 76.1 cm³/mol. The van der Waals surface area contributed by atoms with Gasteiger partial charge in [0.1, 0.15) is 5.82 Å². The number of rotatable bonds is 5. The molecule has 1 saturated heterocycles. The standard InChI is InChI=1S/C15H21ClFNO/c1-2-7-18-15-6-8-19-10-11(15)9-12-13(16)4-3-5-14(12)17/h3-5,11,15,18H,2,6-10H2,1H3. The smallest absolute Gasteiger partial charge is 0.127 e. The molecule has 0 radical (unpaired) electrons. The average molecular weight is 286 g/mol. The highest BCUT2D eigenvalue weighted by Gasteiger charge is 2.26. The molecule has 0 aliphatic carbocycles. The SMILES string of the molecule is CCCNC1CCOCC1Cc1c(F)cccc1Cl. The Bertz CT molecular complexity index is 393. The first kappa shape index (κ1) is 14.8. The largest absolute Gasteiger partial charge is 0.381 e. The van der Waals surface area contributed by atoms with E-state index in [1.807, 2.05) is 0 Å². The summed E-state index contributed by atoms with van der Waals surface area (Å²) in [4.78, 5) is 0. The minimum absolute atomic E-state index is 0.215. The lowest BCUT2D eigenvalue weighted by Gasteiger charge is -2.32. The van der Waals surface area contributed by atoms with Gasteiger partial charge in [-0.15, -0.1) is 0 Å². The van der Waals surface area contributed by atoms with E-state index in [0.29, 0.717) is 29.7 Å². The highest BCUT2D eigenvalue weighted by atomic mass is 35.5. The van der Waals surface area contributed by atoms with E-state index in [1.54, 1.807) is 12.1 Å². The molecule has 19 heavy (non-hydrogen) atoms. The van der Waals surface area contributed by atoms with Gasteiger partial charge in [-0.3, -0.25) is 0 Å². The Balaban J connectivity index is 2.06. The van der Waals surface area contributed by atoms with Crippen LogP contribution in [0.25, 0.3) is 0 Å². The number of halogens is 2. The van der Waals surface area contributed by atoms with E-state index in [9.17, 15) is 4.39 Å². The molecule has 2 nitrogen and oxygen atoms in total. The maximum absolute atomic E-state index is 13.8. The molecule has 2 unspecified atom stereocenters. The first-order chi connectivity index (χ1) is 9.22. The molecule has 0 bridgehead atoms. The van der Waals surface area contributed by atoms with Gasteiger partial charge >= 0.3 is 0 Å². The van der Waals surface area contributed by atoms with Gasteiger partial charge in [0.25, 0.3) is 0 Å². The summed E-state index contributed by atoms with van der Waals surface area (Å²) in [5.41, 5.74) is 0.614. The van der Waals surface area contributed by atoms with Crippen molar-refractivity contribution in [2.24, 2.45) is 5.92 Å². The second-order valence-electron chi connectivity index (χ2n) is 5.09. The molecular weight excluding hydrogens is 265 g/mol. The van der Waals surface area contributed by atoms with Crippen molar-refractivity contribution >= 4 is 11.6 Å². The van der Waals surface area contributed by atoms with Gasteiger partial charge in [0.15, 0.2) is 0 Å². The van der Waals surface area contributed by atoms with Gasteiger partial charge in [0.05, 0.1) is 6.61 Å². The maximum Gasteiger partial charge on any atom is 0.127 e. The molecular formula is C15H21ClFNO. The van der Waals surface area contributed by atoms with E-state index in [2.05, 4.69) is 12.2 Å². The van der Waals surface area contributed by atoms with Crippen LogP contribution in [-0.2, 0) is 11.2 Å². The predicted octanol–water partition coefficient (Wildman–Crippen LogP) is 3.43. The van der Waals surface area contributed by atoms with Gasteiger partial charge in [-0.25, -0.2) is 4.39 Å². The fraction of sp³-hybridized carbons (Fsp3) is 0.600. The Kier molecular flexibility index (Phi) is 5.61. The highest BCUT2D eigenvalue weighted by Crippen LogP contribution is 2.26. The van der Waals surface area contributed by atoms with Crippen LogP contribution in [-0.4, -0.2) is 25.8 Å². The number of benzene rings is 1. The van der Waals surface area contributed by atoms with Crippen molar-refractivity contribution in [1.82, 2.24) is 5.32 Å². The summed E-state index contributed by atoms with van der Waals surface area (Å²) in [6, 6.07) is 5.26. The number of ether oxygens (including phenoxy) is 1. The Labute approximate surface area is 119 Å². The topological polar surface area (TPSA) is 21.3 Å². The molecule has 1 aromatic carbocycles. The lowest BCUT2D eigenvalue weighted by Crippen LogP contribution is -2.44. The van der Waals surface area contributed by atoms with Crippen molar-refractivity contribution < 1.29 is 9.13 Å². The molecule has 0 aromatic heterocycles. The summed E-state index contributed by atoms with van der Waals surface area (Å²) in [5, 5.41) is 4.05. The summed E-state index contributed by atoms with van der Waals surface area (Å²) in [5.74, 6) is 0.0713. The van der Waals surface area contributed by atoms with Crippen LogP contribution in [0.4, 0.5) is 4.39 Å². The van der Waals surface area contributed by atoms with Crippen molar-refractivity contribution in [1.29, 1.82) is 0 Å². The normalized spacial score (nSPS) is 23.5. The summed E-state index contributed by atoms with van der Waals surface area (Å²) >= 11 is 6.10. The van der Waals surface area contributed by atoms with Crippen LogP contribution in [0.2, 0.25) is 5.02 Å². The van der Waals surface area contributed by atoms with Crippen LogP contribution >= 0.6 is 11.6 Å². The average Bonchev–Trinajstić information content (AvgIpc) is 2.42. The molecule has 0 amide bonds. The second-order valence-corrected chi connectivity index (χ2v) is 5.50. The Morgan fingerprint density at radius 1 is 1.47 bits per heavy atom. The molecule has 0 spiro atoms. The van der Waals surface area contributed by atoms with E-state index < -0.39 is 0 Å². The fourth-order valence-electron chi connectivity index (χ4n) is 2.59. The van der Waals surface area contributed by atoms with Gasteiger partial charge in [-0.05, 0) is 37.9 Å². The number of hydrogen-bond donors (Lipinski definition) is 1. The van der Waals surface area contributed by atoms with Crippen molar-refractivity contribution in [3.05, 3.63) is 34.6 Å². The molecule has 1 aliphatic heterocycles. The van der Waals surface area contributed by atoms with Crippen molar-refractivity contribution in [2.75, 3.05) is 19.8 Å². The molecule has 1 aromatic rings. The van der Waals surface area contributed by atoms with Crippen LogP contribution < -0.4 is 5.32 Å². The van der Waals surface area contributed by atoms with Crippen LogP contribution in [0.3, 0.4) is 0 Å². The molecule has 1 heterocycles. The molecule has 106 valence electrons. The van der Waals surface area contributed by atoms with Gasteiger partial charge in [-0.1, -0.05) is 24.6 Å². The molecule has 1 N–H and O–H groups in total. The van der Waals surface area contributed by atoms with Gasteiger partial charge in [-0.2, -0.15) is 0 Å². The third kappa shape index (κ3) is 3.91. The zero-order valence-electron chi connectivity index (χ0n) is 11.3. The van der Waals surface area contributed by atoms with E-state index in [-0.39, 0.29) is 11.7 Å². The first-order valence-electron chi connectivity index (χ1n) is 6.96. The molecule has 1 aliphatic rings. The summed E-state index contributed by atoms with van der Waals surface area (Å²) in [6.07, 6.45) is 2.72. The zero-order chi connectivity index (χ0) is 13.7. The van der Waals surface area contributed by atoms with E-state index in [1.165, 1.54) is 6.07 Å². The molecule has 1 fully saturated rings. The summed E-state index contributed by atoms with van der Waals surface area (Å²) in [7, 11) is 0. The van der Waals surface area contributed by atoms with Gasteiger partial charge < -0.3 is 10.1 Å². The van der Waals surface area contributed by atoms with Crippen LogP contribution in [0.15, 0.2) is 18.2 Å². The highest BCUT2D eigenvalue weighted by molar-refractivity contribution is 6.31. The molecule has 2 atom stereocenters.